The van der Waals surface area contributed by atoms with Crippen LogP contribution < -0.4 is 10.9 Å². The molecule has 28 heavy (non-hydrogen) atoms. The Morgan fingerprint density at radius 2 is 1.96 bits per heavy atom. The smallest absolute Gasteiger partial charge is 0.277 e. The van der Waals surface area contributed by atoms with Gasteiger partial charge in [-0.15, -0.1) is 0 Å². The summed E-state index contributed by atoms with van der Waals surface area (Å²) in [6.07, 6.45) is 2.67. The van der Waals surface area contributed by atoms with Gasteiger partial charge in [0.1, 0.15) is 11.0 Å². The summed E-state index contributed by atoms with van der Waals surface area (Å²) in [5, 5.41) is 3.80. The van der Waals surface area contributed by atoms with Gasteiger partial charge in [-0.1, -0.05) is 30.7 Å². The first-order chi connectivity index (χ1) is 13.5. The Labute approximate surface area is 162 Å². The molecule has 2 aromatic carbocycles. The van der Waals surface area contributed by atoms with E-state index in [1.807, 2.05) is 49.4 Å². The summed E-state index contributed by atoms with van der Waals surface area (Å²) in [4.78, 5) is 32.6. The molecule has 0 saturated carbocycles. The first-order valence-electron chi connectivity index (χ1n) is 9.41. The highest BCUT2D eigenvalue weighted by Crippen LogP contribution is 2.22. The quantitative estimate of drug-likeness (QED) is 0.558. The van der Waals surface area contributed by atoms with Crippen molar-refractivity contribution in [3.63, 3.8) is 0 Å². The Hall–Kier alpha value is -3.41. The monoisotopic (exact) mass is 374 g/mol. The zero-order chi connectivity index (χ0) is 19.7. The number of rotatable bonds is 5. The Kier molecular flexibility index (Phi) is 4.69. The summed E-state index contributed by atoms with van der Waals surface area (Å²) in [5.74, 6) is -0.136. The molecule has 4 aromatic rings. The van der Waals surface area contributed by atoms with Gasteiger partial charge >= 0.3 is 0 Å². The first-order valence-corrected chi connectivity index (χ1v) is 9.41. The number of hydrogen-bond donors (Lipinski definition) is 2. The van der Waals surface area contributed by atoms with Crippen LogP contribution in [0.25, 0.3) is 21.9 Å². The van der Waals surface area contributed by atoms with Crippen molar-refractivity contribution in [1.82, 2.24) is 14.5 Å². The van der Waals surface area contributed by atoms with Crippen molar-refractivity contribution in [2.24, 2.45) is 0 Å². The number of amides is 1. The first kappa shape index (κ1) is 18.0. The standard InChI is InChI=1S/C22H22N4O2/c1-3-15-5-7-16(8-6-15)24-19(27)10-11-26-13-23-20-17-12-14(2)4-9-18(17)25-21(20)22(26)28/h4-9,12-13,25H,3,10-11H2,1-2H3,(H,24,27). The maximum Gasteiger partial charge on any atom is 0.277 e. The number of aryl methyl sites for hydroxylation is 3. The average Bonchev–Trinajstić information content (AvgIpc) is 3.07. The second kappa shape index (κ2) is 7.31. The Morgan fingerprint density at radius 3 is 2.71 bits per heavy atom. The van der Waals surface area contributed by atoms with Gasteiger partial charge in [0.2, 0.25) is 5.91 Å². The van der Waals surface area contributed by atoms with Crippen LogP contribution in [0.1, 0.15) is 24.5 Å². The third-order valence-electron chi connectivity index (χ3n) is 4.95. The molecular formula is C22H22N4O2. The molecule has 0 atom stereocenters. The number of benzene rings is 2. The van der Waals surface area contributed by atoms with Crippen molar-refractivity contribution in [2.45, 2.75) is 33.2 Å². The van der Waals surface area contributed by atoms with E-state index in [4.69, 9.17) is 0 Å². The van der Waals surface area contributed by atoms with Crippen molar-refractivity contribution in [2.75, 3.05) is 5.32 Å². The fraction of sp³-hybridized carbons (Fsp3) is 0.227. The lowest BCUT2D eigenvalue weighted by atomic mass is 10.1. The molecule has 142 valence electrons. The summed E-state index contributed by atoms with van der Waals surface area (Å²) in [6, 6.07) is 13.7. The highest BCUT2D eigenvalue weighted by atomic mass is 16.2. The van der Waals surface area contributed by atoms with Crippen LogP contribution in [0.4, 0.5) is 5.69 Å². The third kappa shape index (κ3) is 3.41. The number of fused-ring (bicyclic) bond motifs is 3. The Balaban J connectivity index is 1.51. The number of carbonyl (C=O) groups excluding carboxylic acids is 1. The number of nitrogens with zero attached hydrogens (tertiary/aromatic N) is 2. The van der Waals surface area contributed by atoms with Crippen molar-refractivity contribution in [3.8, 4) is 0 Å². The molecule has 0 fully saturated rings. The summed E-state index contributed by atoms with van der Waals surface area (Å²) in [6.45, 7) is 4.37. The van der Waals surface area contributed by atoms with Gasteiger partial charge in [0.15, 0.2) is 0 Å². The number of carbonyl (C=O) groups is 1. The summed E-state index contributed by atoms with van der Waals surface area (Å²) in [5.41, 5.74) is 4.95. The summed E-state index contributed by atoms with van der Waals surface area (Å²) in [7, 11) is 0. The fourth-order valence-electron chi connectivity index (χ4n) is 3.33. The van der Waals surface area contributed by atoms with E-state index < -0.39 is 0 Å². The van der Waals surface area contributed by atoms with E-state index in [-0.39, 0.29) is 24.4 Å². The van der Waals surface area contributed by atoms with Gasteiger partial charge in [0, 0.05) is 29.6 Å². The number of hydrogen-bond acceptors (Lipinski definition) is 3. The van der Waals surface area contributed by atoms with Gasteiger partial charge in [-0.25, -0.2) is 4.98 Å². The molecule has 2 heterocycles. The minimum Gasteiger partial charge on any atom is -0.349 e. The molecule has 2 N–H and O–H groups in total. The predicted molar refractivity (Wildman–Crippen MR) is 112 cm³/mol. The lowest BCUT2D eigenvalue weighted by Crippen LogP contribution is -2.23. The van der Waals surface area contributed by atoms with Gasteiger partial charge in [0.05, 0.1) is 6.33 Å². The lowest BCUT2D eigenvalue weighted by molar-refractivity contribution is -0.116. The van der Waals surface area contributed by atoms with Crippen LogP contribution in [0.5, 0.6) is 0 Å². The molecule has 0 radical (unpaired) electrons. The molecular weight excluding hydrogens is 352 g/mol. The van der Waals surface area contributed by atoms with Crippen LogP contribution >= 0.6 is 0 Å². The van der Waals surface area contributed by atoms with E-state index in [1.54, 1.807) is 0 Å². The van der Waals surface area contributed by atoms with Crippen LogP contribution in [0.2, 0.25) is 0 Å². The van der Waals surface area contributed by atoms with Crippen LogP contribution in [0.15, 0.2) is 53.6 Å². The Bertz CT molecular complexity index is 1220. The average molecular weight is 374 g/mol. The number of anilines is 1. The van der Waals surface area contributed by atoms with Crippen molar-refractivity contribution in [3.05, 3.63) is 70.3 Å². The van der Waals surface area contributed by atoms with E-state index in [2.05, 4.69) is 22.2 Å². The van der Waals surface area contributed by atoms with Crippen LogP contribution in [0, 0.1) is 6.92 Å². The predicted octanol–water partition coefficient (Wildman–Crippen LogP) is 3.78. The van der Waals surface area contributed by atoms with Crippen molar-refractivity contribution < 1.29 is 4.79 Å². The highest BCUT2D eigenvalue weighted by molar-refractivity contribution is 6.04. The molecule has 6 nitrogen and oxygen atoms in total. The maximum absolute atomic E-state index is 12.8. The largest absolute Gasteiger partial charge is 0.349 e. The zero-order valence-corrected chi connectivity index (χ0v) is 16.0. The van der Waals surface area contributed by atoms with Gasteiger partial charge < -0.3 is 10.3 Å². The number of aromatic nitrogens is 3. The second-order valence-corrected chi connectivity index (χ2v) is 6.99. The van der Waals surface area contributed by atoms with Gasteiger partial charge in [-0.05, 0) is 43.2 Å². The van der Waals surface area contributed by atoms with Crippen LogP contribution in [-0.4, -0.2) is 20.4 Å². The lowest BCUT2D eigenvalue weighted by Gasteiger charge is -2.07. The number of nitrogens with one attached hydrogen (secondary N) is 2. The van der Waals surface area contributed by atoms with Gasteiger partial charge in [-0.2, -0.15) is 0 Å². The van der Waals surface area contributed by atoms with Gasteiger partial charge in [0.25, 0.3) is 5.56 Å². The van der Waals surface area contributed by atoms with E-state index in [0.29, 0.717) is 11.0 Å². The maximum atomic E-state index is 12.8. The normalized spacial score (nSPS) is 11.2. The molecule has 0 saturated heterocycles. The molecule has 1 amide bonds. The molecule has 2 aromatic heterocycles. The molecule has 0 aliphatic heterocycles. The summed E-state index contributed by atoms with van der Waals surface area (Å²) >= 11 is 0. The zero-order valence-electron chi connectivity index (χ0n) is 16.0. The molecule has 0 aliphatic carbocycles. The van der Waals surface area contributed by atoms with E-state index in [1.165, 1.54) is 16.5 Å². The van der Waals surface area contributed by atoms with Crippen LogP contribution in [0.3, 0.4) is 0 Å². The molecule has 0 bridgehead atoms. The van der Waals surface area contributed by atoms with E-state index in [0.717, 1.165) is 28.6 Å². The van der Waals surface area contributed by atoms with Gasteiger partial charge in [-0.3, -0.25) is 14.2 Å². The second-order valence-electron chi connectivity index (χ2n) is 6.99. The SMILES string of the molecule is CCc1ccc(NC(=O)CCn2cnc3c([nH]c4ccc(C)cc43)c2=O)cc1. The topological polar surface area (TPSA) is 79.8 Å². The summed E-state index contributed by atoms with van der Waals surface area (Å²) < 4.78 is 1.48. The molecule has 0 aliphatic rings. The number of H-pyrrole nitrogens is 1. The molecule has 4 rings (SSSR count). The Morgan fingerprint density at radius 1 is 1.18 bits per heavy atom. The third-order valence-corrected chi connectivity index (χ3v) is 4.95. The van der Waals surface area contributed by atoms with Crippen LogP contribution in [-0.2, 0) is 17.8 Å². The number of aromatic amines is 1. The molecule has 0 unspecified atom stereocenters. The minimum absolute atomic E-state index is 0.136. The molecule has 6 heteroatoms. The highest BCUT2D eigenvalue weighted by Gasteiger charge is 2.12. The molecule has 0 spiro atoms. The fourth-order valence-corrected chi connectivity index (χ4v) is 3.33. The van der Waals surface area contributed by atoms with Crippen molar-refractivity contribution in [1.29, 1.82) is 0 Å². The minimum atomic E-state index is -0.168. The van der Waals surface area contributed by atoms with E-state index >= 15 is 0 Å². The van der Waals surface area contributed by atoms with E-state index in [9.17, 15) is 9.59 Å². The van der Waals surface area contributed by atoms with Crippen molar-refractivity contribution >= 4 is 33.5 Å².